The smallest absolute Gasteiger partial charge is 0.553 e. The van der Waals surface area contributed by atoms with Gasteiger partial charge in [-0.2, -0.15) is 46.4 Å². The van der Waals surface area contributed by atoms with E-state index in [0.717, 1.165) is 67.9 Å². The molecule has 3 aliphatic heterocycles. The summed E-state index contributed by atoms with van der Waals surface area (Å²) in [6, 6.07) is 12.2. The predicted molar refractivity (Wildman–Crippen MR) is 297 cm³/mol. The first-order valence-corrected chi connectivity index (χ1v) is 25.6. The van der Waals surface area contributed by atoms with E-state index < -0.39 is 16.4 Å². The van der Waals surface area contributed by atoms with Crippen molar-refractivity contribution in [2.45, 2.75) is 78.9 Å². The SMILES string of the molecule is CC(C)(C)C(=O)OCn1ccc2c(-c3cn[nH]c3)cnnc21.CC(C)(C)C(=O)OCn1ccc2c(-c3cnn(C4(CC#N)COC4)c3)cnnc21.CO.N#CC=C1COC1.N#CCC1(n2cc(-c3cnnc4[nH]ccc34)cn2)COC1.[NH-]O.[Na+]. The minimum Gasteiger partial charge on any atom is -0.553 e. The van der Waals surface area contributed by atoms with Gasteiger partial charge in [0.05, 0.1) is 119 Å². The molecule has 0 atom stereocenters. The van der Waals surface area contributed by atoms with Gasteiger partial charge in [-0.05, 0) is 65.3 Å². The number of esters is 2. The van der Waals surface area contributed by atoms with Crippen LogP contribution < -0.4 is 29.6 Å². The fourth-order valence-electron chi connectivity index (χ4n) is 8.29. The molecule has 3 aliphatic rings. The molecule has 0 radical (unpaired) electrons. The number of hydrogen-bond acceptors (Lipinski definition) is 21. The first-order valence-electron chi connectivity index (χ1n) is 25.6. The molecular weight excluding hydrogens is 1090 g/mol. The van der Waals surface area contributed by atoms with Crippen LogP contribution in [0.3, 0.4) is 0 Å². The van der Waals surface area contributed by atoms with Gasteiger partial charge in [0.15, 0.2) is 30.4 Å². The molecule has 0 amide bonds. The van der Waals surface area contributed by atoms with Crippen molar-refractivity contribution < 1.29 is 73.1 Å². The third-order valence-corrected chi connectivity index (χ3v) is 13.1. The number of ether oxygens (including phenoxy) is 5. The van der Waals surface area contributed by atoms with E-state index in [2.05, 4.69) is 68.1 Å². The summed E-state index contributed by atoms with van der Waals surface area (Å²) in [6.07, 6.45) is 23.8. The predicted octanol–water partition coefficient (Wildman–Crippen LogP) is 3.82. The van der Waals surface area contributed by atoms with Crippen LogP contribution in [0.15, 0.2) is 104 Å². The van der Waals surface area contributed by atoms with Gasteiger partial charge in [0.25, 0.3) is 0 Å². The third-order valence-electron chi connectivity index (χ3n) is 13.1. The summed E-state index contributed by atoms with van der Waals surface area (Å²) in [5.74, 6) is 4.21. The number of nitrogens with one attached hydrogen (secondary N) is 3. The Labute approximate surface area is 504 Å². The van der Waals surface area contributed by atoms with Crippen LogP contribution in [-0.2, 0) is 57.8 Å². The van der Waals surface area contributed by atoms with Gasteiger partial charge in [0, 0.05) is 99.9 Å². The molecule has 28 nitrogen and oxygen atoms in total. The molecule has 0 aromatic carbocycles. The Morgan fingerprint density at radius 3 is 1.52 bits per heavy atom. The molecule has 432 valence electrons. The molecule has 9 aromatic rings. The maximum absolute atomic E-state index is 12.1. The number of aliphatic hydroxyl groups excluding tert-OH is 1. The van der Waals surface area contributed by atoms with Gasteiger partial charge < -0.3 is 44.9 Å². The molecule has 0 unspecified atom stereocenters. The van der Waals surface area contributed by atoms with Crippen LogP contribution in [0.1, 0.15) is 54.4 Å². The van der Waals surface area contributed by atoms with Crippen LogP contribution in [0.4, 0.5) is 0 Å². The van der Waals surface area contributed by atoms with Crippen molar-refractivity contribution in [2.24, 2.45) is 10.8 Å². The van der Waals surface area contributed by atoms with Crippen LogP contribution in [0.2, 0.25) is 0 Å². The van der Waals surface area contributed by atoms with Crippen molar-refractivity contribution in [3.05, 3.63) is 110 Å². The molecule has 0 bridgehead atoms. The molecule has 12 heterocycles. The van der Waals surface area contributed by atoms with E-state index in [-0.39, 0.29) is 60.5 Å². The van der Waals surface area contributed by atoms with Crippen LogP contribution in [0, 0.1) is 44.8 Å². The minimum absolute atomic E-state index is 0. The zero-order valence-electron chi connectivity index (χ0n) is 47.7. The van der Waals surface area contributed by atoms with Crippen molar-refractivity contribution >= 4 is 45.0 Å². The number of carbonyl (C=O) groups is 2. The van der Waals surface area contributed by atoms with Crippen LogP contribution in [0.5, 0.6) is 0 Å². The van der Waals surface area contributed by atoms with E-state index in [9.17, 15) is 9.59 Å². The number of aromatic amines is 2. The first kappa shape index (κ1) is 64.6. The second-order valence-corrected chi connectivity index (χ2v) is 21.0. The number of fused-ring (bicyclic) bond motifs is 3. The number of allylic oxidation sites excluding steroid dienone is 1. The van der Waals surface area contributed by atoms with Gasteiger partial charge in [-0.1, -0.05) is 0 Å². The van der Waals surface area contributed by atoms with E-state index >= 15 is 0 Å². The van der Waals surface area contributed by atoms with E-state index in [4.69, 9.17) is 55.7 Å². The summed E-state index contributed by atoms with van der Waals surface area (Å²) in [7, 11) is 1.00. The second-order valence-electron chi connectivity index (χ2n) is 21.0. The quantitative estimate of drug-likeness (QED) is 0.0619. The molecular formula is C55H62N19NaO9. The summed E-state index contributed by atoms with van der Waals surface area (Å²) < 4.78 is 33.3. The normalized spacial score (nSPS) is 14.2. The Hall–Kier alpha value is -8.60. The van der Waals surface area contributed by atoms with Crippen molar-refractivity contribution in [1.82, 2.24) is 74.5 Å². The molecule has 9 aromatic heterocycles. The van der Waals surface area contributed by atoms with Crippen molar-refractivity contribution in [3.63, 3.8) is 0 Å². The number of H-pyrrole nitrogens is 2. The fraction of sp³-hybridized carbons (Fsp3) is 0.382. The van der Waals surface area contributed by atoms with Gasteiger partial charge >= 0.3 is 41.5 Å². The number of carbonyl (C=O) groups excluding carboxylic acids is 2. The maximum atomic E-state index is 12.1. The number of hydrogen-bond donors (Lipinski definition) is 4. The van der Waals surface area contributed by atoms with Gasteiger partial charge in [-0.3, -0.25) is 33.2 Å². The molecule has 12 rings (SSSR count). The Morgan fingerprint density at radius 2 is 1.14 bits per heavy atom. The van der Waals surface area contributed by atoms with Crippen molar-refractivity contribution in [2.75, 3.05) is 46.8 Å². The van der Waals surface area contributed by atoms with E-state index in [1.165, 1.54) is 6.08 Å². The molecule has 0 aliphatic carbocycles. The van der Waals surface area contributed by atoms with Gasteiger partial charge in [-0.25, -0.2) is 0 Å². The van der Waals surface area contributed by atoms with E-state index in [1.54, 1.807) is 52.5 Å². The number of nitrogens with zero attached hydrogens (tertiary/aromatic N) is 16. The zero-order valence-corrected chi connectivity index (χ0v) is 49.7. The Morgan fingerprint density at radius 1 is 0.679 bits per heavy atom. The molecule has 29 heteroatoms. The third kappa shape index (κ3) is 14.8. The van der Waals surface area contributed by atoms with Crippen LogP contribution in [-0.4, -0.2) is 143 Å². The molecule has 84 heavy (non-hydrogen) atoms. The summed E-state index contributed by atoms with van der Waals surface area (Å²) in [6.45, 7) is 14.4. The zero-order chi connectivity index (χ0) is 59.8. The fourth-order valence-corrected chi connectivity index (χ4v) is 8.29. The molecule has 5 N–H and O–H groups in total. The van der Waals surface area contributed by atoms with E-state index in [0.29, 0.717) is 63.8 Å². The molecule has 3 fully saturated rings. The molecule has 0 spiro atoms. The molecule has 3 saturated heterocycles. The second kappa shape index (κ2) is 29.1. The van der Waals surface area contributed by atoms with Gasteiger partial charge in [0.1, 0.15) is 11.1 Å². The summed E-state index contributed by atoms with van der Waals surface area (Å²) >= 11 is 0. The number of rotatable bonds is 11. The number of aliphatic hydroxyl groups is 1. The monoisotopic (exact) mass is 1160 g/mol. The average Bonchev–Trinajstić information content (AvgIpc) is 3.26. The summed E-state index contributed by atoms with van der Waals surface area (Å²) in [4.78, 5) is 27.0. The van der Waals surface area contributed by atoms with E-state index in [1.807, 2.05) is 106 Å². The molecule has 0 saturated carbocycles. The topological polar surface area (TPSA) is 383 Å². The average molecular weight is 1160 g/mol. The van der Waals surface area contributed by atoms with Gasteiger partial charge in [0.2, 0.25) is 0 Å². The Kier molecular flexibility index (Phi) is 22.4. The Bertz CT molecular complexity index is 3780. The van der Waals surface area contributed by atoms with Crippen molar-refractivity contribution in [3.8, 4) is 51.6 Å². The van der Waals surface area contributed by atoms with Crippen LogP contribution in [0.25, 0.3) is 72.4 Å². The van der Waals surface area contributed by atoms with Crippen molar-refractivity contribution in [1.29, 1.82) is 15.8 Å². The summed E-state index contributed by atoms with van der Waals surface area (Å²) in [5, 5.41) is 82.4. The minimum atomic E-state index is -0.570. The largest absolute Gasteiger partial charge is 1.00 e. The number of aromatic nitrogens is 15. The first-order chi connectivity index (χ1) is 40.1. The summed E-state index contributed by atoms with van der Waals surface area (Å²) in [5.41, 5.74) is 6.84. The van der Waals surface area contributed by atoms with Gasteiger partial charge in [-0.15, -0.1) is 15.3 Å². The maximum Gasteiger partial charge on any atom is 1.00 e. The Balaban J connectivity index is 0.000000186. The number of nitriles is 3. The standard InChI is InChI=1S/C20H22N6O3.C15H17N5O2.C14H12N6O.C5H5NO.CH4O.H2NO.Na/c1-19(2,3)18(27)29-13-25-7-4-15-16(9-22-24-17(15)25)14-8-23-26(10-14)20(5-6-21)11-28-12-20;1-15(2,3)14(21)22-9-20-5-4-11-12(8-18-19-13(11)20)10-6-16-17-7-10;15-3-2-14(8-21-9-14)20-7-10(5-18-20)12-6-17-19-13-11(12)1-4-16-13;6-2-1-5-3-7-4-5;2*1-2;/h4,7-10H,5,11-13H2,1-3H3;4-8H,9H2,1-3H3,(H,16,17);1,4-7H,2,8-9H2,(H,16,19);1H,3-4H2;2H,1H3;1-2H;/q;;;;;-1;+1. The van der Waals surface area contributed by atoms with Crippen LogP contribution >= 0.6 is 0 Å².